The fourth-order valence-electron chi connectivity index (χ4n) is 1.20. The van der Waals surface area contributed by atoms with Gasteiger partial charge in [0.1, 0.15) is 5.15 Å². The van der Waals surface area contributed by atoms with Crippen LogP contribution in [0.5, 0.6) is 0 Å². The topological polar surface area (TPSA) is 70.7 Å². The zero-order valence-corrected chi connectivity index (χ0v) is 10.1. The van der Waals surface area contributed by atoms with Gasteiger partial charge in [0.05, 0.1) is 16.8 Å². The molecule has 1 amide bonds. The molecule has 0 bridgehead atoms. The van der Waals surface area contributed by atoms with Crippen molar-refractivity contribution in [1.29, 1.82) is 0 Å². The Morgan fingerprint density at radius 2 is 2.24 bits per heavy atom. The Hall–Kier alpha value is -1.59. The monoisotopic (exact) mass is 270 g/mol. The van der Waals surface area contributed by atoms with E-state index in [-0.39, 0.29) is 16.1 Å². The van der Waals surface area contributed by atoms with E-state index in [1.165, 1.54) is 12.3 Å². The summed E-state index contributed by atoms with van der Waals surface area (Å²) in [5.41, 5.74) is 1.24. The molecule has 2 rings (SSSR count). The molecule has 0 aromatic carbocycles. The van der Waals surface area contributed by atoms with Crippen LogP contribution in [-0.4, -0.2) is 21.1 Å². The van der Waals surface area contributed by atoms with Crippen molar-refractivity contribution < 1.29 is 4.79 Å². The number of nitrogens with zero attached hydrogens (tertiary/aromatic N) is 2. The minimum atomic E-state index is -0.266. The number of aromatic amines is 1. The van der Waals surface area contributed by atoms with Crippen LogP contribution >= 0.6 is 23.2 Å². The predicted molar refractivity (Wildman–Crippen MR) is 64.0 cm³/mol. The van der Waals surface area contributed by atoms with Crippen molar-refractivity contribution in [2.75, 3.05) is 0 Å². The second-order valence-corrected chi connectivity index (χ2v) is 4.05. The lowest BCUT2D eigenvalue weighted by atomic mass is 10.2. The molecule has 0 aliphatic heterocycles. The van der Waals surface area contributed by atoms with E-state index in [0.29, 0.717) is 12.1 Å². The molecular formula is C10H8Cl2N4O. The van der Waals surface area contributed by atoms with Crippen LogP contribution in [-0.2, 0) is 6.54 Å². The average Bonchev–Trinajstić information content (AvgIpc) is 2.82. The van der Waals surface area contributed by atoms with Crippen molar-refractivity contribution in [1.82, 2.24) is 20.5 Å². The van der Waals surface area contributed by atoms with E-state index in [2.05, 4.69) is 20.5 Å². The van der Waals surface area contributed by atoms with Crippen LogP contribution < -0.4 is 5.32 Å². The summed E-state index contributed by atoms with van der Waals surface area (Å²) in [7, 11) is 0. The highest BCUT2D eigenvalue weighted by atomic mass is 35.5. The highest BCUT2D eigenvalue weighted by Crippen LogP contribution is 2.19. The molecule has 0 fully saturated rings. The van der Waals surface area contributed by atoms with E-state index in [0.717, 1.165) is 5.56 Å². The van der Waals surface area contributed by atoms with Gasteiger partial charge in [0.2, 0.25) is 0 Å². The number of aromatic nitrogens is 3. The van der Waals surface area contributed by atoms with Gasteiger partial charge in [-0.3, -0.25) is 9.89 Å². The van der Waals surface area contributed by atoms with Gasteiger partial charge in [0.25, 0.3) is 5.91 Å². The summed E-state index contributed by atoms with van der Waals surface area (Å²) < 4.78 is 0. The minimum Gasteiger partial charge on any atom is -0.348 e. The molecule has 0 saturated carbocycles. The maximum atomic E-state index is 11.7. The summed E-state index contributed by atoms with van der Waals surface area (Å²) >= 11 is 11.4. The Kier molecular flexibility index (Phi) is 3.61. The average molecular weight is 271 g/mol. The number of pyridine rings is 1. The highest BCUT2D eigenvalue weighted by molar-refractivity contribution is 6.41. The molecule has 2 aromatic heterocycles. The summed E-state index contributed by atoms with van der Waals surface area (Å²) in [4.78, 5) is 15.5. The van der Waals surface area contributed by atoms with E-state index in [1.807, 2.05) is 0 Å². The molecule has 0 atom stereocenters. The molecule has 2 N–H and O–H groups in total. The molecule has 0 radical (unpaired) electrons. The number of halogens is 2. The Bertz CT molecular complexity index is 527. The summed E-state index contributed by atoms with van der Waals surface area (Å²) in [5.74, 6) is -0.266. The van der Waals surface area contributed by atoms with Gasteiger partial charge >= 0.3 is 0 Å². The van der Waals surface area contributed by atoms with Gasteiger partial charge in [-0.05, 0) is 6.07 Å². The number of carbonyl (C=O) groups excluding carboxylic acids is 1. The number of carbonyl (C=O) groups is 1. The number of amides is 1. The highest BCUT2D eigenvalue weighted by Gasteiger charge is 2.08. The van der Waals surface area contributed by atoms with E-state index in [4.69, 9.17) is 23.2 Å². The first kappa shape index (κ1) is 11.9. The first-order valence-electron chi connectivity index (χ1n) is 4.73. The molecule has 0 aliphatic rings. The van der Waals surface area contributed by atoms with Crippen molar-refractivity contribution in [2.45, 2.75) is 6.54 Å². The van der Waals surface area contributed by atoms with Gasteiger partial charge in [-0.2, -0.15) is 5.10 Å². The first-order chi connectivity index (χ1) is 8.16. The van der Waals surface area contributed by atoms with Gasteiger partial charge < -0.3 is 5.32 Å². The van der Waals surface area contributed by atoms with Crippen LogP contribution in [0.4, 0.5) is 0 Å². The standard InChI is InChI=1S/C10H8Cl2N4O/c11-8-1-7(5-13-9(8)12)10(17)14-2-6-3-15-16-4-6/h1,3-5H,2H2,(H,14,17)(H,15,16). The number of nitrogens with one attached hydrogen (secondary N) is 2. The van der Waals surface area contributed by atoms with Gasteiger partial charge in [-0.25, -0.2) is 4.98 Å². The third-order valence-electron chi connectivity index (χ3n) is 2.07. The quantitative estimate of drug-likeness (QED) is 0.839. The van der Waals surface area contributed by atoms with Crippen LogP contribution in [0.2, 0.25) is 10.2 Å². The number of H-pyrrole nitrogens is 1. The summed E-state index contributed by atoms with van der Waals surface area (Å²) in [6, 6.07) is 1.47. The van der Waals surface area contributed by atoms with Crippen molar-refractivity contribution in [2.24, 2.45) is 0 Å². The Labute approximate surface area is 107 Å². The van der Waals surface area contributed by atoms with Crippen molar-refractivity contribution in [3.05, 3.63) is 46.0 Å². The molecule has 0 unspecified atom stereocenters. The molecule has 7 heteroatoms. The SMILES string of the molecule is O=C(NCc1cn[nH]c1)c1cnc(Cl)c(Cl)c1. The number of rotatable bonds is 3. The predicted octanol–water partition coefficient (Wildman–Crippen LogP) is 2.04. The van der Waals surface area contributed by atoms with E-state index in [1.54, 1.807) is 12.4 Å². The van der Waals surface area contributed by atoms with Gasteiger partial charge in [-0.1, -0.05) is 23.2 Å². The summed E-state index contributed by atoms with van der Waals surface area (Å²) in [6.45, 7) is 0.385. The first-order valence-corrected chi connectivity index (χ1v) is 5.49. The summed E-state index contributed by atoms with van der Waals surface area (Å²) in [6.07, 6.45) is 4.71. The molecule has 17 heavy (non-hydrogen) atoms. The molecule has 88 valence electrons. The molecule has 2 heterocycles. The third kappa shape index (κ3) is 2.95. The van der Waals surface area contributed by atoms with Crippen molar-refractivity contribution in [3.63, 3.8) is 0 Å². The lowest BCUT2D eigenvalue weighted by molar-refractivity contribution is 0.0950. The minimum absolute atomic E-state index is 0.179. The maximum Gasteiger partial charge on any atom is 0.253 e. The molecule has 5 nitrogen and oxygen atoms in total. The molecule has 2 aromatic rings. The largest absolute Gasteiger partial charge is 0.348 e. The zero-order chi connectivity index (χ0) is 12.3. The Morgan fingerprint density at radius 1 is 1.41 bits per heavy atom. The Morgan fingerprint density at radius 3 is 2.88 bits per heavy atom. The number of hydrogen-bond acceptors (Lipinski definition) is 3. The fourth-order valence-corrected chi connectivity index (χ4v) is 1.47. The lowest BCUT2D eigenvalue weighted by Crippen LogP contribution is -2.22. The van der Waals surface area contributed by atoms with Crippen molar-refractivity contribution in [3.8, 4) is 0 Å². The van der Waals surface area contributed by atoms with Crippen molar-refractivity contribution >= 4 is 29.1 Å². The second-order valence-electron chi connectivity index (χ2n) is 3.29. The van der Waals surface area contributed by atoms with E-state index < -0.39 is 0 Å². The molecule has 0 aliphatic carbocycles. The van der Waals surface area contributed by atoms with Crippen LogP contribution in [0.15, 0.2) is 24.7 Å². The van der Waals surface area contributed by atoms with Crippen LogP contribution in [0.3, 0.4) is 0 Å². The fraction of sp³-hybridized carbons (Fsp3) is 0.100. The smallest absolute Gasteiger partial charge is 0.253 e. The van der Waals surface area contributed by atoms with E-state index >= 15 is 0 Å². The van der Waals surface area contributed by atoms with Gasteiger partial charge in [0, 0.05) is 24.5 Å². The molecule has 0 spiro atoms. The zero-order valence-electron chi connectivity index (χ0n) is 8.58. The van der Waals surface area contributed by atoms with Crippen LogP contribution in [0.25, 0.3) is 0 Å². The van der Waals surface area contributed by atoms with Crippen LogP contribution in [0, 0.1) is 0 Å². The third-order valence-corrected chi connectivity index (χ3v) is 2.75. The number of hydrogen-bond donors (Lipinski definition) is 2. The van der Waals surface area contributed by atoms with Crippen LogP contribution in [0.1, 0.15) is 15.9 Å². The molecule has 0 saturated heterocycles. The lowest BCUT2D eigenvalue weighted by Gasteiger charge is -2.04. The van der Waals surface area contributed by atoms with Gasteiger partial charge in [-0.15, -0.1) is 0 Å². The summed E-state index contributed by atoms with van der Waals surface area (Å²) in [5, 5.41) is 9.57. The normalized spacial score (nSPS) is 10.2. The molecular weight excluding hydrogens is 263 g/mol. The maximum absolute atomic E-state index is 11.7. The Balaban J connectivity index is 2.02. The van der Waals surface area contributed by atoms with E-state index in [9.17, 15) is 4.79 Å². The van der Waals surface area contributed by atoms with Gasteiger partial charge in [0.15, 0.2) is 0 Å². The second kappa shape index (κ2) is 5.16.